The molecule has 5 rings (SSSR count). The zero-order valence-electron chi connectivity index (χ0n) is 21.7. The van der Waals surface area contributed by atoms with Crippen molar-refractivity contribution < 1.29 is 9.53 Å². The van der Waals surface area contributed by atoms with Crippen LogP contribution in [0.15, 0.2) is 54.6 Å². The number of amides is 1. The van der Waals surface area contributed by atoms with Gasteiger partial charge in [0, 0.05) is 51.7 Å². The third-order valence-corrected chi connectivity index (χ3v) is 8.16. The third kappa shape index (κ3) is 5.99. The lowest BCUT2D eigenvalue weighted by molar-refractivity contribution is -0.132. The van der Waals surface area contributed by atoms with Crippen molar-refractivity contribution in [2.24, 2.45) is 5.73 Å². The molecule has 0 bridgehead atoms. The molecule has 0 saturated carbocycles. The van der Waals surface area contributed by atoms with Gasteiger partial charge in [-0.25, -0.2) is 4.98 Å². The molecule has 1 saturated heterocycles. The third-order valence-electron chi connectivity index (χ3n) is 7.44. The maximum atomic E-state index is 13.3. The first kappa shape index (κ1) is 26.9. The Hall–Kier alpha value is -2.64. The highest BCUT2D eigenvalue weighted by Crippen LogP contribution is 2.33. The molecular formula is C30H34Cl2N4O2. The highest BCUT2D eigenvalue weighted by molar-refractivity contribution is 6.42. The Morgan fingerprint density at radius 2 is 1.92 bits per heavy atom. The summed E-state index contributed by atoms with van der Waals surface area (Å²) in [6.07, 6.45) is 3.76. The number of benzene rings is 3. The number of hydrogen-bond donors (Lipinski definition) is 1. The first-order valence-electron chi connectivity index (χ1n) is 13.3. The standard InChI is InChI=1S/C30H34Cl2N4O2/c1-38-13-5-12-36-28-18-26(32)25(31)17-27(28)34-30(36)23-8-4-11-35(19-23)29(37)16-24(33)15-20-9-10-21-6-2-3-7-22(21)14-20/h2-3,6-7,9-10,14,17-18,23-24H,4-5,8,11-13,15-16,19,33H2,1H3/t23-,24-/m1/s1. The SMILES string of the molecule is COCCCn1c([C@@H]2CCCN(C(=O)C[C@H](N)Cc3ccc4ccccc4c3)C2)nc2cc(Cl)c(Cl)cc21. The van der Waals surface area contributed by atoms with Gasteiger partial charge in [-0.2, -0.15) is 0 Å². The Balaban J connectivity index is 1.29. The molecule has 0 spiro atoms. The zero-order chi connectivity index (χ0) is 26.6. The molecule has 0 aliphatic carbocycles. The number of halogens is 2. The fraction of sp³-hybridized carbons (Fsp3) is 0.400. The first-order chi connectivity index (χ1) is 18.4. The number of carbonyl (C=O) groups is 1. The van der Waals surface area contributed by atoms with Crippen LogP contribution < -0.4 is 5.73 Å². The van der Waals surface area contributed by atoms with Gasteiger partial charge in [0.2, 0.25) is 5.91 Å². The molecule has 1 amide bonds. The average molecular weight is 554 g/mol. The molecular weight excluding hydrogens is 519 g/mol. The summed E-state index contributed by atoms with van der Waals surface area (Å²) in [7, 11) is 1.71. The van der Waals surface area contributed by atoms with E-state index < -0.39 is 0 Å². The fourth-order valence-corrected chi connectivity index (χ4v) is 5.88. The highest BCUT2D eigenvalue weighted by Gasteiger charge is 2.29. The summed E-state index contributed by atoms with van der Waals surface area (Å²) in [6.45, 7) is 2.81. The number of piperidine rings is 1. The van der Waals surface area contributed by atoms with Gasteiger partial charge in [0.15, 0.2) is 0 Å². The second kappa shape index (κ2) is 12.0. The number of nitrogens with two attached hydrogens (primary N) is 1. The minimum absolute atomic E-state index is 0.108. The van der Waals surface area contributed by atoms with Crippen LogP contribution in [0.5, 0.6) is 0 Å². The number of nitrogens with zero attached hydrogens (tertiary/aromatic N) is 3. The first-order valence-corrected chi connectivity index (χ1v) is 14.0. The molecule has 2 N–H and O–H groups in total. The largest absolute Gasteiger partial charge is 0.385 e. The van der Waals surface area contributed by atoms with Crippen LogP contribution >= 0.6 is 23.2 Å². The van der Waals surface area contributed by atoms with Gasteiger partial charge in [-0.3, -0.25) is 4.79 Å². The summed E-state index contributed by atoms with van der Waals surface area (Å²) in [6, 6.07) is 18.2. The summed E-state index contributed by atoms with van der Waals surface area (Å²) >= 11 is 12.6. The number of rotatable bonds is 9. The summed E-state index contributed by atoms with van der Waals surface area (Å²) in [5.74, 6) is 1.22. The molecule has 200 valence electrons. The Bertz CT molecular complexity index is 1440. The van der Waals surface area contributed by atoms with E-state index in [1.807, 2.05) is 29.2 Å². The van der Waals surface area contributed by atoms with Crippen LogP contribution in [0.1, 0.15) is 43.0 Å². The molecule has 8 heteroatoms. The Morgan fingerprint density at radius 1 is 1.13 bits per heavy atom. The number of methoxy groups -OCH3 is 1. The van der Waals surface area contributed by atoms with Gasteiger partial charge in [-0.15, -0.1) is 0 Å². The van der Waals surface area contributed by atoms with E-state index in [4.69, 9.17) is 38.7 Å². The predicted octanol–water partition coefficient (Wildman–Crippen LogP) is 6.20. The molecule has 1 aliphatic heterocycles. The molecule has 1 fully saturated rings. The van der Waals surface area contributed by atoms with Crippen LogP contribution in [0.3, 0.4) is 0 Å². The van der Waals surface area contributed by atoms with Crippen LogP contribution in [-0.4, -0.2) is 53.2 Å². The second-order valence-electron chi connectivity index (χ2n) is 10.3. The Morgan fingerprint density at radius 3 is 2.74 bits per heavy atom. The van der Waals surface area contributed by atoms with Gasteiger partial charge >= 0.3 is 0 Å². The molecule has 0 radical (unpaired) electrons. The van der Waals surface area contributed by atoms with Gasteiger partial charge in [0.1, 0.15) is 5.82 Å². The average Bonchev–Trinajstić information content (AvgIpc) is 3.26. The van der Waals surface area contributed by atoms with Crippen LogP contribution in [0.4, 0.5) is 0 Å². The van der Waals surface area contributed by atoms with Gasteiger partial charge < -0.3 is 19.9 Å². The summed E-state index contributed by atoms with van der Waals surface area (Å²) in [5, 5.41) is 3.41. The van der Waals surface area contributed by atoms with Crippen LogP contribution in [0.2, 0.25) is 10.0 Å². The van der Waals surface area contributed by atoms with Gasteiger partial charge in [-0.05, 0) is 54.2 Å². The number of carbonyl (C=O) groups excluding carboxylic acids is 1. The van der Waals surface area contributed by atoms with Gasteiger partial charge in [0.25, 0.3) is 0 Å². The van der Waals surface area contributed by atoms with Crippen molar-refractivity contribution in [1.82, 2.24) is 14.5 Å². The summed E-state index contributed by atoms with van der Waals surface area (Å²) < 4.78 is 7.51. The van der Waals surface area contributed by atoms with E-state index in [1.165, 1.54) is 10.8 Å². The monoisotopic (exact) mass is 552 g/mol. The molecule has 2 atom stereocenters. The smallest absolute Gasteiger partial charge is 0.224 e. The summed E-state index contributed by atoms with van der Waals surface area (Å²) in [4.78, 5) is 20.2. The lowest BCUT2D eigenvalue weighted by atomic mass is 9.95. The molecule has 38 heavy (non-hydrogen) atoms. The lowest BCUT2D eigenvalue weighted by Gasteiger charge is -2.33. The molecule has 0 unspecified atom stereocenters. The number of ether oxygens (including phenoxy) is 1. The maximum absolute atomic E-state index is 13.3. The van der Waals surface area contributed by atoms with Gasteiger partial charge in [-0.1, -0.05) is 65.7 Å². The van der Waals surface area contributed by atoms with Gasteiger partial charge in [0.05, 0.1) is 21.1 Å². The minimum atomic E-state index is -0.230. The van der Waals surface area contributed by atoms with E-state index >= 15 is 0 Å². The van der Waals surface area contributed by atoms with Crippen molar-refractivity contribution in [3.05, 3.63) is 76.0 Å². The second-order valence-corrected chi connectivity index (χ2v) is 11.1. The van der Waals surface area contributed by atoms with Crippen molar-refractivity contribution in [2.45, 2.75) is 50.6 Å². The van der Waals surface area contributed by atoms with E-state index in [1.54, 1.807) is 7.11 Å². The molecule has 4 aromatic rings. The van der Waals surface area contributed by atoms with E-state index in [0.717, 1.165) is 54.8 Å². The molecule has 2 heterocycles. The van der Waals surface area contributed by atoms with Crippen molar-refractivity contribution in [3.8, 4) is 0 Å². The molecule has 3 aromatic carbocycles. The summed E-state index contributed by atoms with van der Waals surface area (Å²) in [5.41, 5.74) is 9.42. The minimum Gasteiger partial charge on any atom is -0.385 e. The molecule has 6 nitrogen and oxygen atoms in total. The van der Waals surface area contributed by atoms with Crippen LogP contribution in [-0.2, 0) is 22.5 Å². The number of aromatic nitrogens is 2. The van der Waals surface area contributed by atoms with Crippen molar-refractivity contribution >= 4 is 50.9 Å². The van der Waals surface area contributed by atoms with Crippen LogP contribution in [0.25, 0.3) is 21.8 Å². The van der Waals surface area contributed by atoms with E-state index in [9.17, 15) is 4.79 Å². The Labute approximate surface area is 233 Å². The van der Waals surface area contributed by atoms with Crippen molar-refractivity contribution in [3.63, 3.8) is 0 Å². The fourth-order valence-electron chi connectivity index (χ4n) is 5.56. The van der Waals surface area contributed by atoms with E-state index in [-0.39, 0.29) is 17.9 Å². The van der Waals surface area contributed by atoms with Crippen molar-refractivity contribution in [1.29, 1.82) is 0 Å². The Kier molecular flexibility index (Phi) is 8.54. The number of fused-ring (bicyclic) bond motifs is 2. The number of imidazole rings is 1. The molecule has 1 aliphatic rings. The highest BCUT2D eigenvalue weighted by atomic mass is 35.5. The molecule has 1 aromatic heterocycles. The zero-order valence-corrected chi connectivity index (χ0v) is 23.2. The number of hydrogen-bond acceptors (Lipinski definition) is 4. The predicted molar refractivity (Wildman–Crippen MR) is 155 cm³/mol. The normalized spacial score (nSPS) is 16.8. The van der Waals surface area contributed by atoms with Crippen LogP contribution in [0, 0.1) is 0 Å². The number of likely N-dealkylation sites (tertiary alicyclic amines) is 1. The lowest BCUT2D eigenvalue weighted by Crippen LogP contribution is -2.42. The quantitative estimate of drug-likeness (QED) is 0.251. The van der Waals surface area contributed by atoms with E-state index in [2.05, 4.69) is 34.9 Å². The number of aryl methyl sites for hydroxylation is 1. The van der Waals surface area contributed by atoms with Crippen molar-refractivity contribution in [2.75, 3.05) is 26.8 Å². The topological polar surface area (TPSA) is 73.4 Å². The van der Waals surface area contributed by atoms with E-state index in [0.29, 0.717) is 36.0 Å². The maximum Gasteiger partial charge on any atom is 0.224 e.